The van der Waals surface area contributed by atoms with E-state index in [1.807, 2.05) is 12.1 Å². The lowest BCUT2D eigenvalue weighted by Crippen LogP contribution is -2.39. The van der Waals surface area contributed by atoms with Crippen LogP contribution in [0.1, 0.15) is 18.5 Å². The average molecular weight is 270 g/mol. The van der Waals surface area contributed by atoms with Crippen LogP contribution in [0.3, 0.4) is 0 Å². The molecule has 1 N–H and O–H groups in total. The van der Waals surface area contributed by atoms with Gasteiger partial charge < -0.3 is 5.11 Å². The zero-order valence-corrected chi connectivity index (χ0v) is 11.0. The van der Waals surface area contributed by atoms with Crippen LogP contribution in [-0.4, -0.2) is 47.8 Å². The first kappa shape index (κ1) is 13.5. The van der Waals surface area contributed by atoms with Gasteiger partial charge in [0, 0.05) is 30.9 Å². The molecule has 1 aromatic heterocycles. The van der Waals surface area contributed by atoms with E-state index >= 15 is 0 Å². The van der Waals surface area contributed by atoms with Gasteiger partial charge in [0.15, 0.2) is 0 Å². The summed E-state index contributed by atoms with van der Waals surface area (Å²) in [7, 11) is -3.29. The number of nitrogens with zero attached hydrogens (tertiary/aromatic N) is 2. The SMILES string of the molecule is O=S(=O)(CCc1ccccn1)N1CCC[C@H]1CO. The third-order valence-electron chi connectivity index (χ3n) is 3.23. The second kappa shape index (κ2) is 5.77. The topological polar surface area (TPSA) is 70.5 Å². The number of aromatic nitrogens is 1. The van der Waals surface area contributed by atoms with E-state index < -0.39 is 10.0 Å². The summed E-state index contributed by atoms with van der Waals surface area (Å²) in [5, 5.41) is 9.17. The van der Waals surface area contributed by atoms with Crippen LogP contribution < -0.4 is 0 Å². The number of hydrogen-bond donors (Lipinski definition) is 1. The lowest BCUT2D eigenvalue weighted by atomic mass is 10.2. The second-order valence-corrected chi connectivity index (χ2v) is 6.52. The number of aliphatic hydroxyl groups excluding tert-OH is 1. The van der Waals surface area contributed by atoms with Crippen molar-refractivity contribution in [2.24, 2.45) is 0 Å². The second-order valence-electron chi connectivity index (χ2n) is 4.48. The quantitative estimate of drug-likeness (QED) is 0.841. The lowest BCUT2D eigenvalue weighted by molar-refractivity contribution is 0.213. The van der Waals surface area contributed by atoms with Crippen molar-refractivity contribution in [1.29, 1.82) is 0 Å². The van der Waals surface area contributed by atoms with Gasteiger partial charge in [0.25, 0.3) is 0 Å². The Morgan fingerprint density at radius 3 is 2.94 bits per heavy atom. The number of aliphatic hydroxyl groups is 1. The molecule has 1 aromatic rings. The first-order valence-electron chi connectivity index (χ1n) is 6.14. The number of aryl methyl sites for hydroxylation is 1. The normalized spacial score (nSPS) is 21.3. The highest BCUT2D eigenvalue weighted by Crippen LogP contribution is 2.21. The molecule has 1 atom stereocenters. The number of rotatable bonds is 5. The summed E-state index contributed by atoms with van der Waals surface area (Å²) in [6.45, 7) is 0.429. The predicted octanol–water partition coefficient (Wildman–Crippen LogP) is 0.411. The minimum Gasteiger partial charge on any atom is -0.395 e. The van der Waals surface area contributed by atoms with Gasteiger partial charge in [0.05, 0.1) is 12.4 Å². The van der Waals surface area contributed by atoms with Gasteiger partial charge >= 0.3 is 0 Å². The van der Waals surface area contributed by atoms with Crippen LogP contribution >= 0.6 is 0 Å². The molecule has 6 heteroatoms. The molecule has 1 aliphatic rings. The van der Waals surface area contributed by atoms with Crippen LogP contribution in [0.25, 0.3) is 0 Å². The molecule has 1 aliphatic heterocycles. The van der Waals surface area contributed by atoms with Crippen LogP contribution in [0.4, 0.5) is 0 Å². The maximum Gasteiger partial charge on any atom is 0.214 e. The Hall–Kier alpha value is -0.980. The summed E-state index contributed by atoms with van der Waals surface area (Å²) >= 11 is 0. The Bertz CT molecular complexity index is 475. The summed E-state index contributed by atoms with van der Waals surface area (Å²) in [6, 6.07) is 5.24. The third-order valence-corrected chi connectivity index (χ3v) is 5.15. The molecule has 0 spiro atoms. The number of pyridine rings is 1. The van der Waals surface area contributed by atoms with Crippen LogP contribution in [0.5, 0.6) is 0 Å². The summed E-state index contributed by atoms with van der Waals surface area (Å²) < 4.78 is 25.8. The zero-order chi connectivity index (χ0) is 13.0. The van der Waals surface area contributed by atoms with Crippen molar-refractivity contribution in [2.45, 2.75) is 25.3 Å². The van der Waals surface area contributed by atoms with E-state index in [-0.39, 0.29) is 18.4 Å². The molecule has 0 aliphatic carbocycles. The molecular formula is C12H18N2O3S. The number of hydrogen-bond acceptors (Lipinski definition) is 4. The van der Waals surface area contributed by atoms with E-state index in [1.54, 1.807) is 12.3 Å². The van der Waals surface area contributed by atoms with E-state index in [4.69, 9.17) is 5.11 Å². The highest BCUT2D eigenvalue weighted by Gasteiger charge is 2.33. The van der Waals surface area contributed by atoms with E-state index in [0.717, 1.165) is 18.5 Å². The lowest BCUT2D eigenvalue weighted by Gasteiger charge is -2.22. The van der Waals surface area contributed by atoms with Gasteiger partial charge in [-0.25, -0.2) is 8.42 Å². The molecule has 1 saturated heterocycles. The Morgan fingerprint density at radius 2 is 2.28 bits per heavy atom. The van der Waals surface area contributed by atoms with Gasteiger partial charge in [0.1, 0.15) is 0 Å². The van der Waals surface area contributed by atoms with Crippen molar-refractivity contribution in [1.82, 2.24) is 9.29 Å². The first-order valence-corrected chi connectivity index (χ1v) is 7.74. The largest absolute Gasteiger partial charge is 0.395 e. The third kappa shape index (κ3) is 3.07. The smallest absolute Gasteiger partial charge is 0.214 e. The van der Waals surface area contributed by atoms with Gasteiger partial charge in [-0.1, -0.05) is 6.07 Å². The Labute approximate surface area is 108 Å². The zero-order valence-electron chi connectivity index (χ0n) is 10.2. The molecular weight excluding hydrogens is 252 g/mol. The number of sulfonamides is 1. The van der Waals surface area contributed by atoms with Crippen LogP contribution in [0, 0.1) is 0 Å². The van der Waals surface area contributed by atoms with Crippen LogP contribution in [0.15, 0.2) is 24.4 Å². The molecule has 18 heavy (non-hydrogen) atoms. The fourth-order valence-electron chi connectivity index (χ4n) is 2.25. The molecule has 5 nitrogen and oxygen atoms in total. The van der Waals surface area contributed by atoms with E-state index in [9.17, 15) is 8.42 Å². The predicted molar refractivity (Wildman–Crippen MR) is 68.5 cm³/mol. The molecule has 2 rings (SSSR count). The van der Waals surface area contributed by atoms with E-state index in [0.29, 0.717) is 13.0 Å². The van der Waals surface area contributed by atoms with Gasteiger partial charge in [0.2, 0.25) is 10.0 Å². The van der Waals surface area contributed by atoms with Gasteiger partial charge in [-0.3, -0.25) is 4.98 Å². The molecule has 0 amide bonds. The fraction of sp³-hybridized carbons (Fsp3) is 0.583. The monoisotopic (exact) mass is 270 g/mol. The molecule has 2 heterocycles. The van der Waals surface area contributed by atoms with Crippen molar-refractivity contribution in [3.05, 3.63) is 30.1 Å². The molecule has 0 aromatic carbocycles. The van der Waals surface area contributed by atoms with Crippen molar-refractivity contribution in [2.75, 3.05) is 18.9 Å². The molecule has 100 valence electrons. The molecule has 0 bridgehead atoms. The van der Waals surface area contributed by atoms with Crippen molar-refractivity contribution >= 4 is 10.0 Å². The van der Waals surface area contributed by atoms with Gasteiger partial charge in [-0.2, -0.15) is 4.31 Å². The van der Waals surface area contributed by atoms with E-state index in [1.165, 1.54) is 4.31 Å². The first-order chi connectivity index (χ1) is 8.63. The summed E-state index contributed by atoms with van der Waals surface area (Å²) in [5.41, 5.74) is 0.779. The molecule has 0 radical (unpaired) electrons. The van der Waals surface area contributed by atoms with Crippen LogP contribution in [0.2, 0.25) is 0 Å². The maximum atomic E-state index is 12.2. The van der Waals surface area contributed by atoms with E-state index in [2.05, 4.69) is 4.98 Å². The summed E-state index contributed by atoms with van der Waals surface area (Å²) in [6.07, 6.45) is 3.65. The maximum absolute atomic E-state index is 12.2. The average Bonchev–Trinajstić information content (AvgIpc) is 2.87. The van der Waals surface area contributed by atoms with Crippen LogP contribution in [-0.2, 0) is 16.4 Å². The standard InChI is InChI=1S/C12H18N2O3S/c15-10-12-5-3-8-14(12)18(16,17)9-6-11-4-1-2-7-13-11/h1-2,4,7,12,15H,3,5-6,8-10H2/t12-/m0/s1. The molecule has 0 unspecified atom stereocenters. The van der Waals surface area contributed by atoms with Crippen molar-refractivity contribution in [3.63, 3.8) is 0 Å². The highest BCUT2D eigenvalue weighted by atomic mass is 32.2. The van der Waals surface area contributed by atoms with Crippen molar-refractivity contribution < 1.29 is 13.5 Å². The highest BCUT2D eigenvalue weighted by molar-refractivity contribution is 7.89. The van der Waals surface area contributed by atoms with Gasteiger partial charge in [-0.05, 0) is 25.0 Å². The van der Waals surface area contributed by atoms with Crippen molar-refractivity contribution in [3.8, 4) is 0 Å². The Balaban J connectivity index is 1.99. The molecule has 0 saturated carbocycles. The molecule has 1 fully saturated rings. The minimum absolute atomic E-state index is 0.0561. The Morgan fingerprint density at radius 1 is 1.44 bits per heavy atom. The van der Waals surface area contributed by atoms with Gasteiger partial charge in [-0.15, -0.1) is 0 Å². The minimum atomic E-state index is -3.29. The Kier molecular flexibility index (Phi) is 4.31. The summed E-state index contributed by atoms with van der Waals surface area (Å²) in [4.78, 5) is 4.12. The summed E-state index contributed by atoms with van der Waals surface area (Å²) in [5.74, 6) is 0.0561. The fourth-order valence-corrected chi connectivity index (χ4v) is 3.99.